The number of nitro groups is 1. The van der Waals surface area contributed by atoms with Crippen LogP contribution in [0.2, 0.25) is 0 Å². The topological polar surface area (TPSA) is 75.5 Å². The average molecular weight is 289 g/mol. The van der Waals surface area contributed by atoms with Gasteiger partial charge in [0.1, 0.15) is 0 Å². The molecule has 2 unspecified atom stereocenters. The Kier molecular flexibility index (Phi) is 3.63. The maximum Gasteiger partial charge on any atom is 0.270 e. The highest BCUT2D eigenvalue weighted by Crippen LogP contribution is 2.27. The Morgan fingerprint density at radius 3 is 2.95 bits per heavy atom. The number of non-ortho nitro benzene ring substituents is 1. The van der Waals surface area contributed by atoms with Crippen LogP contribution >= 0.6 is 0 Å². The van der Waals surface area contributed by atoms with Gasteiger partial charge >= 0.3 is 0 Å². The molecule has 0 aromatic heterocycles. The van der Waals surface area contributed by atoms with Crippen LogP contribution in [0.5, 0.6) is 0 Å². The van der Waals surface area contributed by atoms with Crippen LogP contribution in [-0.2, 0) is 0 Å². The predicted octanol–water partition coefficient (Wildman–Crippen LogP) is 1.73. The van der Waals surface area contributed by atoms with Gasteiger partial charge in [-0.2, -0.15) is 0 Å². The fourth-order valence-electron chi connectivity index (χ4n) is 3.34. The van der Waals surface area contributed by atoms with Crippen LogP contribution in [0.4, 0.5) is 5.69 Å². The van der Waals surface area contributed by atoms with Crippen molar-refractivity contribution in [2.45, 2.75) is 25.8 Å². The van der Waals surface area contributed by atoms with Crippen LogP contribution in [0, 0.1) is 23.0 Å². The molecule has 2 saturated heterocycles. The first-order valence-electron chi connectivity index (χ1n) is 7.34. The zero-order valence-corrected chi connectivity index (χ0v) is 12.0. The molecule has 3 rings (SSSR count). The molecule has 0 aliphatic carbocycles. The third-order valence-electron chi connectivity index (χ3n) is 4.55. The average Bonchev–Trinajstić information content (AvgIpc) is 2.90. The molecule has 21 heavy (non-hydrogen) atoms. The number of nitro benzene ring substituents is 1. The minimum atomic E-state index is -0.457. The third-order valence-corrected chi connectivity index (χ3v) is 4.55. The second-order valence-corrected chi connectivity index (χ2v) is 5.93. The Balaban J connectivity index is 1.82. The zero-order valence-electron chi connectivity index (χ0n) is 12.0. The van der Waals surface area contributed by atoms with Crippen molar-refractivity contribution in [3.05, 3.63) is 39.4 Å². The summed E-state index contributed by atoms with van der Waals surface area (Å²) < 4.78 is 0. The van der Waals surface area contributed by atoms with Gasteiger partial charge in [0.25, 0.3) is 11.6 Å². The fourth-order valence-corrected chi connectivity index (χ4v) is 3.34. The van der Waals surface area contributed by atoms with E-state index >= 15 is 0 Å². The summed E-state index contributed by atoms with van der Waals surface area (Å²) in [4.78, 5) is 24.9. The van der Waals surface area contributed by atoms with E-state index in [1.807, 2.05) is 11.8 Å². The summed E-state index contributed by atoms with van der Waals surface area (Å²) in [7, 11) is 0. The maximum atomic E-state index is 12.7. The fraction of sp³-hybridized carbons (Fsp3) is 0.533. The lowest BCUT2D eigenvalue weighted by molar-refractivity contribution is -0.384. The van der Waals surface area contributed by atoms with Crippen LogP contribution < -0.4 is 5.32 Å². The summed E-state index contributed by atoms with van der Waals surface area (Å²) in [5, 5.41) is 14.3. The van der Waals surface area contributed by atoms with Crippen molar-refractivity contribution in [2.24, 2.45) is 5.92 Å². The van der Waals surface area contributed by atoms with Crippen molar-refractivity contribution < 1.29 is 9.72 Å². The highest BCUT2D eigenvalue weighted by atomic mass is 16.6. The molecule has 112 valence electrons. The van der Waals surface area contributed by atoms with Crippen LogP contribution in [0.25, 0.3) is 0 Å². The van der Waals surface area contributed by atoms with Crippen molar-refractivity contribution >= 4 is 11.6 Å². The number of hydrogen-bond acceptors (Lipinski definition) is 4. The summed E-state index contributed by atoms with van der Waals surface area (Å²) in [5.74, 6) is 0.425. The Morgan fingerprint density at radius 1 is 1.43 bits per heavy atom. The number of rotatable bonds is 2. The number of likely N-dealkylation sites (tertiary alicyclic amines) is 1. The minimum absolute atomic E-state index is 0.0290. The second kappa shape index (κ2) is 5.44. The van der Waals surface area contributed by atoms with E-state index in [-0.39, 0.29) is 11.6 Å². The highest BCUT2D eigenvalue weighted by Gasteiger charge is 2.37. The molecule has 0 radical (unpaired) electrons. The van der Waals surface area contributed by atoms with Gasteiger partial charge in [-0.3, -0.25) is 14.9 Å². The van der Waals surface area contributed by atoms with Crippen LogP contribution in [0.1, 0.15) is 28.8 Å². The molecule has 1 aromatic carbocycles. The number of fused-ring (bicyclic) bond motifs is 1. The minimum Gasteiger partial charge on any atom is -0.337 e. The van der Waals surface area contributed by atoms with E-state index in [2.05, 4.69) is 5.32 Å². The zero-order chi connectivity index (χ0) is 15.0. The number of carbonyl (C=O) groups is 1. The SMILES string of the molecule is Cc1ccc([N+](=O)[O-])cc1C(=O)N1CC2CCCNC2C1. The van der Waals surface area contributed by atoms with Crippen LogP contribution in [0.15, 0.2) is 18.2 Å². The molecule has 0 saturated carbocycles. The monoisotopic (exact) mass is 289 g/mol. The summed E-state index contributed by atoms with van der Waals surface area (Å²) in [6, 6.07) is 4.86. The molecule has 0 spiro atoms. The maximum absolute atomic E-state index is 12.7. The molecular formula is C15H19N3O3. The number of nitrogens with zero attached hydrogens (tertiary/aromatic N) is 2. The van der Waals surface area contributed by atoms with Gasteiger partial charge in [-0.15, -0.1) is 0 Å². The van der Waals surface area contributed by atoms with E-state index in [9.17, 15) is 14.9 Å². The second-order valence-electron chi connectivity index (χ2n) is 5.93. The van der Waals surface area contributed by atoms with Gasteiger partial charge in [0, 0.05) is 36.8 Å². The van der Waals surface area contributed by atoms with Gasteiger partial charge in [-0.05, 0) is 37.8 Å². The number of aryl methyl sites for hydroxylation is 1. The van der Waals surface area contributed by atoms with E-state index in [0.29, 0.717) is 24.1 Å². The highest BCUT2D eigenvalue weighted by molar-refractivity contribution is 5.96. The van der Waals surface area contributed by atoms with Gasteiger partial charge < -0.3 is 10.2 Å². The van der Waals surface area contributed by atoms with E-state index in [1.165, 1.54) is 12.1 Å². The van der Waals surface area contributed by atoms with Crippen molar-refractivity contribution in [2.75, 3.05) is 19.6 Å². The van der Waals surface area contributed by atoms with Gasteiger partial charge in [0.2, 0.25) is 0 Å². The molecule has 2 atom stereocenters. The first-order valence-corrected chi connectivity index (χ1v) is 7.34. The lowest BCUT2D eigenvalue weighted by atomic mass is 9.94. The van der Waals surface area contributed by atoms with Crippen molar-refractivity contribution in [1.82, 2.24) is 10.2 Å². The number of benzene rings is 1. The number of piperidine rings is 1. The van der Waals surface area contributed by atoms with Crippen molar-refractivity contribution in [3.63, 3.8) is 0 Å². The normalized spacial score (nSPS) is 24.7. The Labute approximate surface area is 123 Å². The molecule has 1 amide bonds. The molecule has 6 heteroatoms. The lowest BCUT2D eigenvalue weighted by Crippen LogP contribution is -2.41. The van der Waals surface area contributed by atoms with Gasteiger partial charge in [0.05, 0.1) is 4.92 Å². The summed E-state index contributed by atoms with van der Waals surface area (Å²) in [5.41, 5.74) is 1.20. The molecule has 6 nitrogen and oxygen atoms in total. The standard InChI is InChI=1S/C15H19N3O3/c1-10-4-5-12(18(20)21)7-13(10)15(19)17-8-11-3-2-6-16-14(11)9-17/h4-5,7,11,14,16H,2-3,6,8-9H2,1H3. The van der Waals surface area contributed by atoms with Crippen LogP contribution in [0.3, 0.4) is 0 Å². The van der Waals surface area contributed by atoms with Gasteiger partial charge in [-0.25, -0.2) is 0 Å². The number of amides is 1. The smallest absolute Gasteiger partial charge is 0.270 e. The molecule has 1 aromatic rings. The van der Waals surface area contributed by atoms with Gasteiger partial charge in [-0.1, -0.05) is 6.07 Å². The molecule has 2 aliphatic rings. The molecule has 1 N–H and O–H groups in total. The first-order chi connectivity index (χ1) is 10.1. The third kappa shape index (κ3) is 2.63. The molecule has 2 fully saturated rings. The molecule has 2 heterocycles. The number of carbonyl (C=O) groups excluding carboxylic acids is 1. The van der Waals surface area contributed by atoms with E-state index < -0.39 is 4.92 Å². The Morgan fingerprint density at radius 2 is 2.24 bits per heavy atom. The molecule has 0 bridgehead atoms. The van der Waals surface area contributed by atoms with Crippen LogP contribution in [-0.4, -0.2) is 41.4 Å². The largest absolute Gasteiger partial charge is 0.337 e. The van der Waals surface area contributed by atoms with Crippen molar-refractivity contribution in [3.8, 4) is 0 Å². The Bertz CT molecular complexity index is 574. The summed E-state index contributed by atoms with van der Waals surface area (Å²) in [6.07, 6.45) is 2.30. The number of hydrogen-bond donors (Lipinski definition) is 1. The summed E-state index contributed by atoms with van der Waals surface area (Å²) in [6.45, 7) is 4.28. The summed E-state index contributed by atoms with van der Waals surface area (Å²) >= 11 is 0. The van der Waals surface area contributed by atoms with E-state index in [4.69, 9.17) is 0 Å². The quantitative estimate of drug-likeness (QED) is 0.664. The first kappa shape index (κ1) is 14.0. The van der Waals surface area contributed by atoms with E-state index in [1.54, 1.807) is 6.07 Å². The predicted molar refractivity (Wildman–Crippen MR) is 78.3 cm³/mol. The molecular weight excluding hydrogens is 270 g/mol. The Hall–Kier alpha value is -1.95. The van der Waals surface area contributed by atoms with Crippen molar-refractivity contribution in [1.29, 1.82) is 0 Å². The molecule has 2 aliphatic heterocycles. The lowest BCUT2D eigenvalue weighted by Gasteiger charge is -2.24. The van der Waals surface area contributed by atoms with E-state index in [0.717, 1.165) is 31.5 Å². The van der Waals surface area contributed by atoms with Gasteiger partial charge in [0.15, 0.2) is 0 Å². The number of nitrogens with one attached hydrogen (secondary N) is 1.